The first-order valence-electron chi connectivity index (χ1n) is 6.15. The van der Waals surface area contributed by atoms with Crippen molar-refractivity contribution in [3.8, 4) is 22.9 Å². The Bertz CT molecular complexity index is 634. The number of carbonyl (C=O) groups is 1. The average Bonchev–Trinajstić information content (AvgIpc) is 2.91. The first kappa shape index (κ1) is 13.9. The number of aromatic nitrogens is 2. The Morgan fingerprint density at radius 3 is 2.50 bits per heavy atom. The van der Waals surface area contributed by atoms with E-state index in [-0.39, 0.29) is 5.69 Å². The van der Waals surface area contributed by atoms with Crippen molar-refractivity contribution in [1.82, 2.24) is 9.97 Å². The lowest BCUT2D eigenvalue weighted by Crippen LogP contribution is -2.00. The van der Waals surface area contributed by atoms with Crippen LogP contribution in [-0.4, -0.2) is 35.3 Å². The maximum absolute atomic E-state index is 11.1. The molecule has 0 aliphatic heterocycles. The number of carboxylic acid groups (broad SMARTS) is 1. The van der Waals surface area contributed by atoms with Crippen molar-refractivity contribution < 1.29 is 19.4 Å². The fourth-order valence-corrected chi connectivity index (χ4v) is 1.96. The van der Waals surface area contributed by atoms with Crippen LogP contribution in [0.5, 0.6) is 11.5 Å². The normalized spacial score (nSPS) is 10.3. The summed E-state index contributed by atoms with van der Waals surface area (Å²) in [6.07, 6.45) is 0.571. The predicted molar refractivity (Wildman–Crippen MR) is 73.5 cm³/mol. The molecule has 106 valence electrons. The van der Waals surface area contributed by atoms with Gasteiger partial charge in [0, 0.05) is 11.3 Å². The molecule has 0 aliphatic rings. The molecule has 1 aromatic heterocycles. The third kappa shape index (κ3) is 2.45. The minimum atomic E-state index is -1.04. The van der Waals surface area contributed by atoms with Crippen LogP contribution in [0.25, 0.3) is 11.4 Å². The lowest BCUT2D eigenvalue weighted by atomic mass is 10.2. The van der Waals surface area contributed by atoms with Crippen molar-refractivity contribution in [2.75, 3.05) is 14.2 Å². The number of hydrogen-bond donors (Lipinski definition) is 2. The van der Waals surface area contributed by atoms with Crippen LogP contribution >= 0.6 is 0 Å². The first-order valence-corrected chi connectivity index (χ1v) is 6.15. The van der Waals surface area contributed by atoms with Crippen LogP contribution < -0.4 is 9.47 Å². The van der Waals surface area contributed by atoms with E-state index in [4.69, 9.17) is 14.6 Å². The van der Waals surface area contributed by atoms with Crippen molar-refractivity contribution in [3.05, 3.63) is 29.6 Å². The molecule has 0 saturated carbocycles. The van der Waals surface area contributed by atoms with E-state index in [9.17, 15) is 4.79 Å². The zero-order valence-corrected chi connectivity index (χ0v) is 11.6. The van der Waals surface area contributed by atoms with Gasteiger partial charge in [-0.05, 0) is 24.6 Å². The molecule has 0 spiro atoms. The van der Waals surface area contributed by atoms with Crippen LogP contribution in [0.3, 0.4) is 0 Å². The van der Waals surface area contributed by atoms with E-state index in [1.807, 2.05) is 6.92 Å². The van der Waals surface area contributed by atoms with Crippen LogP contribution in [-0.2, 0) is 6.42 Å². The highest BCUT2D eigenvalue weighted by Crippen LogP contribution is 2.31. The fourth-order valence-electron chi connectivity index (χ4n) is 1.96. The van der Waals surface area contributed by atoms with Crippen molar-refractivity contribution in [1.29, 1.82) is 0 Å². The van der Waals surface area contributed by atoms with E-state index in [1.54, 1.807) is 32.4 Å². The van der Waals surface area contributed by atoms with Gasteiger partial charge < -0.3 is 19.6 Å². The molecule has 0 unspecified atom stereocenters. The summed E-state index contributed by atoms with van der Waals surface area (Å²) in [4.78, 5) is 18.3. The second kappa shape index (κ2) is 5.64. The van der Waals surface area contributed by atoms with Crippen molar-refractivity contribution in [3.63, 3.8) is 0 Å². The summed E-state index contributed by atoms with van der Waals surface area (Å²) in [5, 5.41) is 9.11. The number of nitrogens with one attached hydrogen (secondary N) is 1. The van der Waals surface area contributed by atoms with Gasteiger partial charge in [-0.3, -0.25) is 0 Å². The molecule has 0 radical (unpaired) electrons. The standard InChI is InChI=1S/C14H16N2O4/c1-4-9-12(14(17)18)16-13(15-9)8-5-6-10(19-2)11(7-8)20-3/h5-7H,4H2,1-3H3,(H,15,16)(H,17,18). The number of carboxylic acids is 1. The average molecular weight is 276 g/mol. The molecule has 6 nitrogen and oxygen atoms in total. The highest BCUT2D eigenvalue weighted by atomic mass is 16.5. The first-order chi connectivity index (χ1) is 9.60. The van der Waals surface area contributed by atoms with Gasteiger partial charge in [0.25, 0.3) is 0 Å². The molecule has 0 aliphatic carbocycles. The van der Waals surface area contributed by atoms with Crippen molar-refractivity contribution in [2.24, 2.45) is 0 Å². The van der Waals surface area contributed by atoms with Gasteiger partial charge in [0.1, 0.15) is 5.82 Å². The van der Waals surface area contributed by atoms with Crippen molar-refractivity contribution >= 4 is 5.97 Å². The number of rotatable bonds is 5. The summed E-state index contributed by atoms with van der Waals surface area (Å²) >= 11 is 0. The summed E-state index contributed by atoms with van der Waals surface area (Å²) in [6, 6.07) is 5.30. The fraction of sp³-hybridized carbons (Fsp3) is 0.286. The highest BCUT2D eigenvalue weighted by molar-refractivity contribution is 5.87. The second-order valence-corrected chi connectivity index (χ2v) is 4.14. The number of H-pyrrole nitrogens is 1. The maximum atomic E-state index is 11.1. The highest BCUT2D eigenvalue weighted by Gasteiger charge is 2.17. The van der Waals surface area contributed by atoms with E-state index in [0.717, 1.165) is 5.56 Å². The van der Waals surface area contributed by atoms with E-state index < -0.39 is 5.97 Å². The van der Waals surface area contributed by atoms with Gasteiger partial charge >= 0.3 is 5.97 Å². The Kier molecular flexibility index (Phi) is 3.93. The molecule has 0 fully saturated rings. The SMILES string of the molecule is CCc1[nH]c(-c2ccc(OC)c(OC)c2)nc1C(=O)O. The number of ether oxygens (including phenoxy) is 2. The molecule has 2 aromatic rings. The van der Waals surface area contributed by atoms with Gasteiger partial charge in [-0.25, -0.2) is 9.78 Å². The lowest BCUT2D eigenvalue weighted by Gasteiger charge is -2.08. The summed E-state index contributed by atoms with van der Waals surface area (Å²) in [5.41, 5.74) is 1.39. The minimum absolute atomic E-state index is 0.0530. The van der Waals surface area contributed by atoms with Gasteiger partial charge in [0.15, 0.2) is 17.2 Å². The van der Waals surface area contributed by atoms with Gasteiger partial charge in [-0.15, -0.1) is 0 Å². The molecule has 1 aromatic carbocycles. The number of aromatic amines is 1. The molecule has 1 heterocycles. The zero-order valence-electron chi connectivity index (χ0n) is 11.6. The number of aryl methyl sites for hydroxylation is 1. The number of aromatic carboxylic acids is 1. The number of imidazole rings is 1. The van der Waals surface area contributed by atoms with Crippen LogP contribution in [0.4, 0.5) is 0 Å². The molecule has 0 amide bonds. The molecule has 20 heavy (non-hydrogen) atoms. The summed E-state index contributed by atoms with van der Waals surface area (Å²) in [7, 11) is 3.10. The molecule has 2 N–H and O–H groups in total. The van der Waals surface area contributed by atoms with Crippen LogP contribution in [0.15, 0.2) is 18.2 Å². The summed E-state index contributed by atoms with van der Waals surface area (Å²) < 4.78 is 10.4. The monoisotopic (exact) mass is 276 g/mol. The quantitative estimate of drug-likeness (QED) is 0.875. The minimum Gasteiger partial charge on any atom is -0.493 e. The smallest absolute Gasteiger partial charge is 0.356 e. The molecule has 2 rings (SSSR count). The van der Waals surface area contributed by atoms with Crippen LogP contribution in [0.1, 0.15) is 23.1 Å². The second-order valence-electron chi connectivity index (χ2n) is 4.14. The Hall–Kier alpha value is -2.50. The third-order valence-electron chi connectivity index (χ3n) is 2.99. The van der Waals surface area contributed by atoms with Crippen LogP contribution in [0, 0.1) is 0 Å². The molecule has 0 atom stereocenters. The molecular formula is C14H16N2O4. The number of methoxy groups -OCH3 is 2. The van der Waals surface area contributed by atoms with Crippen LogP contribution in [0.2, 0.25) is 0 Å². The zero-order chi connectivity index (χ0) is 14.7. The number of benzene rings is 1. The Balaban J connectivity index is 2.48. The summed E-state index contributed by atoms with van der Waals surface area (Å²) in [6.45, 7) is 1.87. The largest absolute Gasteiger partial charge is 0.493 e. The van der Waals surface area contributed by atoms with E-state index in [2.05, 4.69) is 9.97 Å². The number of nitrogens with zero attached hydrogens (tertiary/aromatic N) is 1. The number of hydrogen-bond acceptors (Lipinski definition) is 4. The van der Waals surface area contributed by atoms with E-state index in [1.165, 1.54) is 0 Å². The molecular weight excluding hydrogens is 260 g/mol. The third-order valence-corrected chi connectivity index (χ3v) is 2.99. The van der Waals surface area contributed by atoms with Crippen molar-refractivity contribution in [2.45, 2.75) is 13.3 Å². The Morgan fingerprint density at radius 1 is 1.30 bits per heavy atom. The summed E-state index contributed by atoms with van der Waals surface area (Å²) in [5.74, 6) is 0.637. The lowest BCUT2D eigenvalue weighted by molar-refractivity contribution is 0.0690. The Morgan fingerprint density at radius 2 is 2.00 bits per heavy atom. The van der Waals surface area contributed by atoms with E-state index in [0.29, 0.717) is 29.4 Å². The van der Waals surface area contributed by atoms with Gasteiger partial charge in [-0.1, -0.05) is 6.92 Å². The maximum Gasteiger partial charge on any atom is 0.356 e. The predicted octanol–water partition coefficient (Wildman–Crippen LogP) is 2.35. The molecule has 0 bridgehead atoms. The molecule has 6 heteroatoms. The Labute approximate surface area is 116 Å². The van der Waals surface area contributed by atoms with Gasteiger partial charge in [0.2, 0.25) is 0 Å². The van der Waals surface area contributed by atoms with E-state index >= 15 is 0 Å². The van der Waals surface area contributed by atoms with Gasteiger partial charge in [0.05, 0.1) is 14.2 Å². The molecule has 0 saturated heterocycles. The van der Waals surface area contributed by atoms with Gasteiger partial charge in [-0.2, -0.15) is 0 Å². The topological polar surface area (TPSA) is 84.4 Å².